The Morgan fingerprint density at radius 2 is 0.887 bits per heavy atom. The van der Waals surface area contributed by atoms with E-state index >= 15 is 0 Å². The highest BCUT2D eigenvalue weighted by atomic mass is 14.8. The molecule has 0 unspecified atom stereocenters. The first-order chi connectivity index (χ1) is 26.0. The maximum absolute atomic E-state index is 3.57. The molecular weight excluding hydrogens is 639 g/mol. The second-order valence-electron chi connectivity index (χ2n) is 14.6. The molecule has 7 aromatic carbocycles. The summed E-state index contributed by atoms with van der Waals surface area (Å²) >= 11 is 0. The van der Waals surface area contributed by atoms with Crippen LogP contribution in [0.2, 0.25) is 0 Å². The van der Waals surface area contributed by atoms with E-state index in [9.17, 15) is 0 Å². The fourth-order valence-corrected chi connectivity index (χ4v) is 8.72. The highest BCUT2D eigenvalue weighted by Crippen LogP contribution is 2.62. The van der Waals surface area contributed by atoms with Crippen LogP contribution in [0, 0.1) is 0 Å². The highest BCUT2D eigenvalue weighted by molar-refractivity contribution is 5.89. The molecule has 2 aliphatic carbocycles. The zero-order chi connectivity index (χ0) is 35.8. The molecule has 0 aromatic heterocycles. The van der Waals surface area contributed by atoms with Gasteiger partial charge in [0.05, 0.1) is 5.41 Å². The van der Waals surface area contributed by atoms with Crippen LogP contribution in [-0.4, -0.2) is 0 Å². The van der Waals surface area contributed by atoms with E-state index in [0.717, 1.165) is 5.69 Å². The largest absolute Gasteiger partial charge is 0.362 e. The van der Waals surface area contributed by atoms with Crippen LogP contribution >= 0.6 is 0 Å². The lowest BCUT2D eigenvalue weighted by molar-refractivity contribution is 0.563. The van der Waals surface area contributed by atoms with Crippen molar-refractivity contribution in [3.8, 4) is 33.4 Å². The quantitative estimate of drug-likeness (QED) is 0.165. The maximum atomic E-state index is 3.57. The van der Waals surface area contributed by atoms with Gasteiger partial charge in [-0.15, -0.1) is 0 Å². The van der Waals surface area contributed by atoms with Crippen LogP contribution in [-0.2, 0) is 10.8 Å². The third kappa shape index (κ3) is 5.48. The van der Waals surface area contributed by atoms with Gasteiger partial charge in [0, 0.05) is 17.3 Å². The van der Waals surface area contributed by atoms with Gasteiger partial charge in [0.25, 0.3) is 0 Å². The number of benzene rings is 7. The summed E-state index contributed by atoms with van der Waals surface area (Å²) in [6.45, 7) is 4.74. The molecule has 2 aliphatic rings. The third-order valence-electron chi connectivity index (χ3n) is 11.3. The Kier molecular flexibility index (Phi) is 8.13. The van der Waals surface area contributed by atoms with Crippen molar-refractivity contribution in [3.05, 3.63) is 239 Å². The SMILES string of the molecule is CC1(C)c2ccccc2C2(c3ccccc3-c3ccc(N/C=C/C=C\C=C/c4ccc(-c5ccc(-c6ccccc6)cc5)cc4)cc32)c2ccccc21. The summed E-state index contributed by atoms with van der Waals surface area (Å²) in [4.78, 5) is 0. The monoisotopic (exact) mass is 679 g/mol. The van der Waals surface area contributed by atoms with Crippen LogP contribution < -0.4 is 5.32 Å². The van der Waals surface area contributed by atoms with Crippen molar-refractivity contribution in [1.29, 1.82) is 0 Å². The zero-order valence-corrected chi connectivity index (χ0v) is 30.1. The molecule has 9 rings (SSSR count). The summed E-state index contributed by atoms with van der Waals surface area (Å²) in [6.07, 6.45) is 12.4. The lowest BCUT2D eigenvalue weighted by Crippen LogP contribution is -2.40. The minimum Gasteiger partial charge on any atom is -0.362 e. The van der Waals surface area contributed by atoms with Crippen molar-refractivity contribution < 1.29 is 0 Å². The Bertz CT molecular complexity index is 2480. The molecule has 7 aromatic rings. The molecule has 0 saturated carbocycles. The Morgan fingerprint density at radius 1 is 0.396 bits per heavy atom. The van der Waals surface area contributed by atoms with E-state index in [4.69, 9.17) is 0 Å². The average Bonchev–Trinajstić information content (AvgIpc) is 3.50. The first-order valence-corrected chi connectivity index (χ1v) is 18.5. The van der Waals surface area contributed by atoms with Gasteiger partial charge in [0.2, 0.25) is 0 Å². The predicted octanol–water partition coefficient (Wildman–Crippen LogP) is 13.2. The van der Waals surface area contributed by atoms with Crippen molar-refractivity contribution in [2.45, 2.75) is 24.7 Å². The lowest BCUT2D eigenvalue weighted by atomic mass is 9.55. The van der Waals surface area contributed by atoms with E-state index in [1.165, 1.54) is 72.3 Å². The topological polar surface area (TPSA) is 12.0 Å². The molecule has 1 spiro atoms. The highest BCUT2D eigenvalue weighted by Gasteiger charge is 2.53. The molecular formula is C52H41N. The van der Waals surface area contributed by atoms with E-state index in [1.807, 2.05) is 6.20 Å². The van der Waals surface area contributed by atoms with Crippen molar-refractivity contribution in [2.24, 2.45) is 0 Å². The van der Waals surface area contributed by atoms with Crippen LogP contribution in [0.25, 0.3) is 39.5 Å². The van der Waals surface area contributed by atoms with Gasteiger partial charge in [-0.2, -0.15) is 0 Å². The lowest BCUT2D eigenvalue weighted by Gasteiger charge is -2.46. The van der Waals surface area contributed by atoms with Gasteiger partial charge in [-0.25, -0.2) is 0 Å². The zero-order valence-electron chi connectivity index (χ0n) is 30.1. The number of rotatable bonds is 7. The fourth-order valence-electron chi connectivity index (χ4n) is 8.72. The summed E-state index contributed by atoms with van der Waals surface area (Å²) in [7, 11) is 0. The van der Waals surface area contributed by atoms with E-state index in [1.54, 1.807) is 0 Å². The van der Waals surface area contributed by atoms with Gasteiger partial charge in [-0.3, -0.25) is 0 Å². The smallest absolute Gasteiger partial charge is 0.0720 e. The second-order valence-corrected chi connectivity index (χ2v) is 14.6. The molecule has 254 valence electrons. The summed E-state index contributed by atoms with van der Waals surface area (Å²) in [5.74, 6) is 0. The summed E-state index contributed by atoms with van der Waals surface area (Å²) < 4.78 is 0. The molecule has 1 heteroatoms. The van der Waals surface area contributed by atoms with Crippen LogP contribution in [0.15, 0.2) is 200 Å². The molecule has 0 heterocycles. The van der Waals surface area contributed by atoms with E-state index in [0.29, 0.717) is 0 Å². The molecule has 0 saturated heterocycles. The molecule has 1 nitrogen and oxygen atoms in total. The molecule has 0 fully saturated rings. The second kappa shape index (κ2) is 13.3. The number of nitrogens with one attached hydrogen (secondary N) is 1. The van der Waals surface area contributed by atoms with Gasteiger partial charge in [0.15, 0.2) is 0 Å². The number of anilines is 1. The molecule has 53 heavy (non-hydrogen) atoms. The van der Waals surface area contributed by atoms with Gasteiger partial charge >= 0.3 is 0 Å². The minimum atomic E-state index is -0.383. The van der Waals surface area contributed by atoms with E-state index in [-0.39, 0.29) is 10.8 Å². The number of hydrogen-bond acceptors (Lipinski definition) is 1. The van der Waals surface area contributed by atoms with Crippen molar-refractivity contribution >= 4 is 11.8 Å². The molecule has 0 bridgehead atoms. The normalized spacial score (nSPS) is 14.7. The Hall–Kier alpha value is -6.44. The summed E-state index contributed by atoms with van der Waals surface area (Å²) in [5.41, 5.74) is 17.5. The molecule has 0 atom stereocenters. The predicted molar refractivity (Wildman–Crippen MR) is 224 cm³/mol. The van der Waals surface area contributed by atoms with Crippen LogP contribution in [0.3, 0.4) is 0 Å². The van der Waals surface area contributed by atoms with Crippen LogP contribution in [0.1, 0.15) is 52.8 Å². The molecule has 0 amide bonds. The third-order valence-corrected chi connectivity index (χ3v) is 11.3. The Morgan fingerprint density at radius 3 is 1.53 bits per heavy atom. The van der Waals surface area contributed by atoms with Crippen LogP contribution in [0.5, 0.6) is 0 Å². The van der Waals surface area contributed by atoms with E-state index in [2.05, 4.69) is 219 Å². The average molecular weight is 680 g/mol. The number of hydrogen-bond donors (Lipinski definition) is 1. The maximum Gasteiger partial charge on any atom is 0.0720 e. The molecule has 0 aliphatic heterocycles. The fraction of sp³-hybridized carbons (Fsp3) is 0.0769. The van der Waals surface area contributed by atoms with Crippen LogP contribution in [0.4, 0.5) is 5.69 Å². The van der Waals surface area contributed by atoms with Gasteiger partial charge in [0.1, 0.15) is 0 Å². The van der Waals surface area contributed by atoms with Gasteiger partial charge in [-0.1, -0.05) is 196 Å². The Balaban J connectivity index is 0.930. The van der Waals surface area contributed by atoms with E-state index < -0.39 is 0 Å². The van der Waals surface area contributed by atoms with Gasteiger partial charge < -0.3 is 5.32 Å². The first-order valence-electron chi connectivity index (χ1n) is 18.5. The minimum absolute atomic E-state index is 0.102. The number of fused-ring (bicyclic) bond motifs is 9. The summed E-state index contributed by atoms with van der Waals surface area (Å²) in [6, 6.07) is 62.1. The molecule has 1 N–H and O–H groups in total. The van der Waals surface area contributed by atoms with Crippen molar-refractivity contribution in [3.63, 3.8) is 0 Å². The van der Waals surface area contributed by atoms with Crippen molar-refractivity contribution in [2.75, 3.05) is 5.32 Å². The molecule has 0 radical (unpaired) electrons. The first kappa shape index (κ1) is 32.5. The summed E-state index contributed by atoms with van der Waals surface area (Å²) in [5, 5.41) is 3.57. The van der Waals surface area contributed by atoms with Gasteiger partial charge in [-0.05, 0) is 90.5 Å². The van der Waals surface area contributed by atoms with Crippen molar-refractivity contribution in [1.82, 2.24) is 0 Å². The number of allylic oxidation sites excluding steroid dienone is 4. The standard InChI is InChI=1S/C52H41N/c1-51(2)46-21-11-13-23-48(46)52(49-24-14-12-22-47(49)51)45-20-10-9-19-43(45)44-34-33-42(36-50(44)52)53-35-15-4-3-6-16-37-25-27-39(28-26-37)41-31-29-40(30-32-41)38-17-7-5-8-18-38/h3-36,53H,1-2H3/b4-3-,16-6-,35-15+. The Labute approximate surface area is 313 Å².